The summed E-state index contributed by atoms with van der Waals surface area (Å²) in [4.78, 5) is 32.5. The first-order valence-electron chi connectivity index (χ1n) is 5.59. The van der Waals surface area contributed by atoms with Gasteiger partial charge in [-0.1, -0.05) is 21.3 Å². The number of hydrogen-bond donors (Lipinski definition) is 2. The van der Waals surface area contributed by atoms with Crippen molar-refractivity contribution in [3.05, 3.63) is 12.2 Å². The topological polar surface area (TPSA) is 83.5 Å². The number of rotatable bonds is 9. The van der Waals surface area contributed by atoms with Crippen molar-refractivity contribution in [3.8, 4) is 0 Å². The van der Waals surface area contributed by atoms with Crippen molar-refractivity contribution in [2.24, 2.45) is 0 Å². The number of allylic oxidation sites excluding steroid dienone is 2. The highest BCUT2D eigenvalue weighted by atomic mass is 16.4. The molecule has 2 N–H and O–H groups in total. The zero-order chi connectivity index (χ0) is 13.3. The molecule has 0 aliphatic rings. The average Bonchev–Trinajstić information content (AvgIpc) is 2.25. The number of carboxylic acid groups (broad SMARTS) is 1. The Bertz CT molecular complexity index is 311. The van der Waals surface area contributed by atoms with Crippen LogP contribution in [0.5, 0.6) is 0 Å². The molecule has 0 aromatic rings. The third-order valence-corrected chi connectivity index (χ3v) is 2.32. The molecule has 5 heteroatoms. The number of carboxylic acids is 1. The SMILES string of the molecule is C.C.CN[C@@H](CCCCC(=O)/C=C/C(C)=O)C(=O)O. The molecule has 0 fully saturated rings. The monoisotopic (exact) mass is 273 g/mol. The summed E-state index contributed by atoms with van der Waals surface area (Å²) in [5.74, 6) is -1.13. The highest BCUT2D eigenvalue weighted by Crippen LogP contribution is 2.05. The number of ketones is 2. The first kappa shape index (κ1) is 22.7. The van der Waals surface area contributed by atoms with Crippen molar-refractivity contribution < 1.29 is 19.5 Å². The predicted molar refractivity (Wildman–Crippen MR) is 77.2 cm³/mol. The van der Waals surface area contributed by atoms with Crippen LogP contribution < -0.4 is 5.32 Å². The number of nitrogens with one attached hydrogen (secondary N) is 1. The fourth-order valence-electron chi connectivity index (χ4n) is 1.33. The molecule has 1 atom stereocenters. The van der Waals surface area contributed by atoms with E-state index in [9.17, 15) is 14.4 Å². The van der Waals surface area contributed by atoms with Crippen LogP contribution in [0.4, 0.5) is 0 Å². The quantitative estimate of drug-likeness (QED) is 0.497. The van der Waals surface area contributed by atoms with Crippen LogP contribution in [0.15, 0.2) is 12.2 Å². The van der Waals surface area contributed by atoms with Crippen molar-refractivity contribution in [2.45, 2.75) is 53.5 Å². The second kappa shape index (κ2) is 13.0. The van der Waals surface area contributed by atoms with E-state index >= 15 is 0 Å². The van der Waals surface area contributed by atoms with Gasteiger partial charge in [0.1, 0.15) is 6.04 Å². The van der Waals surface area contributed by atoms with E-state index in [1.807, 2.05) is 0 Å². The first-order chi connectivity index (χ1) is 7.97. The van der Waals surface area contributed by atoms with Crippen molar-refractivity contribution >= 4 is 17.5 Å². The molecule has 0 bridgehead atoms. The number of hydrogen-bond acceptors (Lipinski definition) is 4. The maximum Gasteiger partial charge on any atom is 0.320 e. The molecule has 0 saturated heterocycles. The highest BCUT2D eigenvalue weighted by molar-refractivity contribution is 5.97. The van der Waals surface area contributed by atoms with E-state index in [2.05, 4.69) is 5.32 Å². The largest absolute Gasteiger partial charge is 0.480 e. The Hall–Kier alpha value is -1.49. The number of carbonyl (C=O) groups excluding carboxylic acids is 2. The smallest absolute Gasteiger partial charge is 0.320 e. The van der Waals surface area contributed by atoms with Gasteiger partial charge in [0.25, 0.3) is 0 Å². The van der Waals surface area contributed by atoms with Crippen LogP contribution in [0.2, 0.25) is 0 Å². The zero-order valence-corrected chi connectivity index (χ0v) is 10.2. The molecule has 0 heterocycles. The standard InChI is InChI=1S/C12H19NO4.2CH4/c1-9(14)7-8-10(15)5-3-4-6-11(13-2)12(16)17;;/h7-8,11,13H,3-6H2,1-2H3,(H,16,17);2*1H4/b8-7+;;/t11-;;/m0../s1. The molecule has 0 aliphatic heterocycles. The minimum Gasteiger partial charge on any atom is -0.480 e. The molecular formula is C14H27NO4. The van der Waals surface area contributed by atoms with Gasteiger partial charge in [-0.25, -0.2) is 0 Å². The molecule has 0 aromatic carbocycles. The summed E-state index contributed by atoms with van der Waals surface area (Å²) >= 11 is 0. The molecule has 0 amide bonds. The van der Waals surface area contributed by atoms with Gasteiger partial charge < -0.3 is 10.4 Å². The normalized spacial score (nSPS) is 11.3. The summed E-state index contributed by atoms with van der Waals surface area (Å²) < 4.78 is 0. The summed E-state index contributed by atoms with van der Waals surface area (Å²) in [5.41, 5.74) is 0. The van der Waals surface area contributed by atoms with Crippen LogP contribution in [-0.2, 0) is 14.4 Å². The van der Waals surface area contributed by atoms with E-state index in [0.29, 0.717) is 25.7 Å². The maximum absolute atomic E-state index is 11.2. The Morgan fingerprint density at radius 1 is 1.16 bits per heavy atom. The zero-order valence-electron chi connectivity index (χ0n) is 10.2. The molecule has 0 saturated carbocycles. The van der Waals surface area contributed by atoms with Crippen molar-refractivity contribution in [1.82, 2.24) is 5.32 Å². The van der Waals surface area contributed by atoms with E-state index < -0.39 is 12.0 Å². The summed E-state index contributed by atoms with van der Waals surface area (Å²) in [7, 11) is 1.60. The number of likely N-dealkylation sites (N-methyl/N-ethyl adjacent to an activating group) is 1. The molecule has 0 aliphatic carbocycles. The van der Waals surface area contributed by atoms with Crippen LogP contribution in [0.1, 0.15) is 47.5 Å². The fourth-order valence-corrected chi connectivity index (χ4v) is 1.33. The third kappa shape index (κ3) is 12.8. The molecule has 0 unspecified atom stereocenters. The summed E-state index contributed by atoms with van der Waals surface area (Å²) in [5, 5.41) is 11.4. The Morgan fingerprint density at radius 3 is 2.16 bits per heavy atom. The van der Waals surface area contributed by atoms with Crippen LogP contribution >= 0.6 is 0 Å². The Kier molecular flexibility index (Phi) is 15.5. The van der Waals surface area contributed by atoms with Gasteiger partial charge in [0, 0.05) is 6.42 Å². The first-order valence-corrected chi connectivity index (χ1v) is 5.59. The molecule has 112 valence electrons. The molecule has 0 radical (unpaired) electrons. The van der Waals surface area contributed by atoms with Gasteiger partial charge in [-0.3, -0.25) is 14.4 Å². The van der Waals surface area contributed by atoms with Gasteiger partial charge >= 0.3 is 5.97 Å². The minimum atomic E-state index is -0.879. The summed E-state index contributed by atoms with van der Waals surface area (Å²) in [6.07, 6.45) is 4.66. The molecule has 5 nitrogen and oxygen atoms in total. The number of carbonyl (C=O) groups is 3. The Morgan fingerprint density at radius 2 is 1.74 bits per heavy atom. The predicted octanol–water partition coefficient (Wildman–Crippen LogP) is 2.21. The number of unbranched alkanes of at least 4 members (excludes halogenated alkanes) is 1. The molecular weight excluding hydrogens is 246 g/mol. The van der Waals surface area contributed by atoms with E-state index in [1.165, 1.54) is 19.1 Å². The lowest BCUT2D eigenvalue weighted by molar-refractivity contribution is -0.139. The summed E-state index contributed by atoms with van der Waals surface area (Å²) in [6.45, 7) is 1.38. The second-order valence-corrected chi connectivity index (χ2v) is 3.84. The van der Waals surface area contributed by atoms with Crippen molar-refractivity contribution in [2.75, 3.05) is 7.05 Å². The molecule has 0 spiro atoms. The molecule has 19 heavy (non-hydrogen) atoms. The Balaban J connectivity index is -0.00000128. The lowest BCUT2D eigenvalue weighted by Gasteiger charge is -2.09. The highest BCUT2D eigenvalue weighted by Gasteiger charge is 2.13. The van der Waals surface area contributed by atoms with E-state index in [4.69, 9.17) is 5.11 Å². The van der Waals surface area contributed by atoms with Gasteiger partial charge in [-0.15, -0.1) is 0 Å². The minimum absolute atomic E-state index is 0. The van der Waals surface area contributed by atoms with E-state index in [-0.39, 0.29) is 26.4 Å². The number of aliphatic carboxylic acids is 1. The van der Waals surface area contributed by atoms with Gasteiger partial charge in [-0.05, 0) is 39.0 Å². The van der Waals surface area contributed by atoms with Crippen molar-refractivity contribution in [3.63, 3.8) is 0 Å². The van der Waals surface area contributed by atoms with Gasteiger partial charge in [0.05, 0.1) is 0 Å². The molecule has 0 aromatic heterocycles. The lowest BCUT2D eigenvalue weighted by Crippen LogP contribution is -2.33. The maximum atomic E-state index is 11.2. The van der Waals surface area contributed by atoms with Gasteiger partial charge in [0.15, 0.2) is 11.6 Å². The van der Waals surface area contributed by atoms with Crippen LogP contribution in [-0.4, -0.2) is 35.7 Å². The summed E-state index contributed by atoms with van der Waals surface area (Å²) in [6, 6.07) is -0.558. The van der Waals surface area contributed by atoms with Gasteiger partial charge in [0.2, 0.25) is 0 Å². The van der Waals surface area contributed by atoms with Crippen LogP contribution in [0.3, 0.4) is 0 Å². The average molecular weight is 273 g/mol. The van der Waals surface area contributed by atoms with E-state index in [1.54, 1.807) is 7.05 Å². The van der Waals surface area contributed by atoms with Crippen molar-refractivity contribution in [1.29, 1.82) is 0 Å². The van der Waals surface area contributed by atoms with Crippen LogP contribution in [0, 0.1) is 0 Å². The second-order valence-electron chi connectivity index (χ2n) is 3.84. The third-order valence-electron chi connectivity index (χ3n) is 2.32. The van der Waals surface area contributed by atoms with Crippen LogP contribution in [0.25, 0.3) is 0 Å². The fraction of sp³-hybridized carbons (Fsp3) is 0.643. The lowest BCUT2D eigenvalue weighted by atomic mass is 10.1. The van der Waals surface area contributed by atoms with E-state index in [0.717, 1.165) is 0 Å². The molecule has 0 rings (SSSR count). The Labute approximate surface area is 116 Å². The van der Waals surface area contributed by atoms with Gasteiger partial charge in [-0.2, -0.15) is 0 Å².